The summed E-state index contributed by atoms with van der Waals surface area (Å²) in [6.07, 6.45) is 4.48. The fourth-order valence-electron chi connectivity index (χ4n) is 1.42. The van der Waals surface area contributed by atoms with Gasteiger partial charge in [0.15, 0.2) is 0 Å². The van der Waals surface area contributed by atoms with Gasteiger partial charge in [-0.15, -0.1) is 0 Å². The van der Waals surface area contributed by atoms with Crippen molar-refractivity contribution in [2.24, 2.45) is 5.41 Å². The van der Waals surface area contributed by atoms with Crippen LogP contribution in [0.5, 0.6) is 0 Å². The molecule has 12 heavy (non-hydrogen) atoms. The molecule has 0 spiro atoms. The summed E-state index contributed by atoms with van der Waals surface area (Å²) >= 11 is 0. The SMILES string of the molecule is CCCC(C)(CC)CCO[C]=O. The molecule has 1 radical (unpaired) electrons. The summed E-state index contributed by atoms with van der Waals surface area (Å²) in [5.41, 5.74) is 0.339. The van der Waals surface area contributed by atoms with Gasteiger partial charge in [0.1, 0.15) is 0 Å². The summed E-state index contributed by atoms with van der Waals surface area (Å²) in [4.78, 5) is 9.79. The summed E-state index contributed by atoms with van der Waals surface area (Å²) < 4.78 is 4.57. The lowest BCUT2D eigenvalue weighted by molar-refractivity contribution is 0.180. The van der Waals surface area contributed by atoms with E-state index in [1.165, 1.54) is 19.3 Å². The number of ether oxygens (including phenoxy) is 1. The highest BCUT2D eigenvalue weighted by molar-refractivity contribution is 5.38. The molecule has 0 saturated heterocycles. The van der Waals surface area contributed by atoms with Crippen molar-refractivity contribution in [2.45, 2.75) is 46.5 Å². The molecule has 0 aliphatic rings. The lowest BCUT2D eigenvalue weighted by atomic mass is 9.80. The highest BCUT2D eigenvalue weighted by Gasteiger charge is 2.20. The van der Waals surface area contributed by atoms with Crippen LogP contribution < -0.4 is 0 Å². The van der Waals surface area contributed by atoms with Crippen LogP contribution in [0.15, 0.2) is 0 Å². The average molecular weight is 171 g/mol. The van der Waals surface area contributed by atoms with Crippen molar-refractivity contribution in [1.29, 1.82) is 0 Å². The molecule has 0 aromatic carbocycles. The molecule has 2 heteroatoms. The maximum Gasteiger partial charge on any atom is 0.417 e. The zero-order valence-corrected chi connectivity index (χ0v) is 8.35. The van der Waals surface area contributed by atoms with Crippen LogP contribution in [0.3, 0.4) is 0 Å². The summed E-state index contributed by atoms with van der Waals surface area (Å²) in [6.45, 7) is 8.57. The number of rotatable bonds is 7. The van der Waals surface area contributed by atoms with Crippen molar-refractivity contribution in [1.82, 2.24) is 0 Å². The molecule has 0 amide bonds. The second-order valence-corrected chi connectivity index (χ2v) is 3.60. The molecule has 0 heterocycles. The smallest absolute Gasteiger partial charge is 0.417 e. The van der Waals surface area contributed by atoms with Gasteiger partial charge in [0.05, 0.1) is 6.61 Å². The van der Waals surface area contributed by atoms with Crippen LogP contribution in [0.25, 0.3) is 0 Å². The minimum Gasteiger partial charge on any atom is -0.457 e. The first kappa shape index (κ1) is 11.5. The molecule has 0 fully saturated rings. The largest absolute Gasteiger partial charge is 0.457 e. The Bertz CT molecular complexity index is 123. The van der Waals surface area contributed by atoms with Gasteiger partial charge in [0.25, 0.3) is 0 Å². The van der Waals surface area contributed by atoms with Gasteiger partial charge in [0.2, 0.25) is 0 Å². The maximum atomic E-state index is 9.79. The average Bonchev–Trinajstić information content (AvgIpc) is 2.06. The normalized spacial score (nSPS) is 15.2. The van der Waals surface area contributed by atoms with E-state index in [-0.39, 0.29) is 0 Å². The van der Waals surface area contributed by atoms with Gasteiger partial charge < -0.3 is 4.74 Å². The zero-order valence-electron chi connectivity index (χ0n) is 8.35. The second-order valence-electron chi connectivity index (χ2n) is 3.60. The van der Waals surface area contributed by atoms with Crippen LogP contribution >= 0.6 is 0 Å². The van der Waals surface area contributed by atoms with Crippen molar-refractivity contribution in [3.8, 4) is 0 Å². The molecule has 0 aliphatic heterocycles. The van der Waals surface area contributed by atoms with E-state index < -0.39 is 0 Å². The first-order chi connectivity index (χ1) is 5.68. The van der Waals surface area contributed by atoms with Crippen molar-refractivity contribution in [3.05, 3.63) is 0 Å². The summed E-state index contributed by atoms with van der Waals surface area (Å²) in [5, 5.41) is 0. The highest BCUT2D eigenvalue weighted by Crippen LogP contribution is 2.30. The third kappa shape index (κ3) is 4.37. The molecule has 1 atom stereocenters. The van der Waals surface area contributed by atoms with Gasteiger partial charge in [-0.1, -0.05) is 33.6 Å². The van der Waals surface area contributed by atoms with Crippen LogP contribution in [-0.4, -0.2) is 13.1 Å². The molecular formula is C10H19O2. The monoisotopic (exact) mass is 171 g/mol. The van der Waals surface area contributed by atoms with Crippen LogP contribution in [-0.2, 0) is 9.53 Å². The number of hydrogen-bond donors (Lipinski definition) is 0. The van der Waals surface area contributed by atoms with Crippen LogP contribution in [0.2, 0.25) is 0 Å². The van der Waals surface area contributed by atoms with E-state index in [9.17, 15) is 4.79 Å². The lowest BCUT2D eigenvalue weighted by Crippen LogP contribution is -2.17. The summed E-state index contributed by atoms with van der Waals surface area (Å²) in [7, 11) is 0. The number of hydrogen-bond acceptors (Lipinski definition) is 2. The Labute approximate surface area is 75.3 Å². The van der Waals surface area contributed by atoms with Gasteiger partial charge in [0, 0.05) is 0 Å². The summed E-state index contributed by atoms with van der Waals surface area (Å²) in [6, 6.07) is 0. The molecule has 1 unspecified atom stereocenters. The van der Waals surface area contributed by atoms with E-state index >= 15 is 0 Å². The highest BCUT2D eigenvalue weighted by atomic mass is 16.5. The Hall–Kier alpha value is -0.530. The third-order valence-electron chi connectivity index (χ3n) is 2.57. The molecular weight excluding hydrogens is 152 g/mol. The summed E-state index contributed by atoms with van der Waals surface area (Å²) in [5.74, 6) is 0. The van der Waals surface area contributed by atoms with Crippen molar-refractivity contribution < 1.29 is 9.53 Å². The Morgan fingerprint density at radius 1 is 1.33 bits per heavy atom. The topological polar surface area (TPSA) is 26.3 Å². The quantitative estimate of drug-likeness (QED) is 0.550. The predicted molar refractivity (Wildman–Crippen MR) is 49.6 cm³/mol. The lowest BCUT2D eigenvalue weighted by Gasteiger charge is -2.26. The Kier molecular flexibility index (Phi) is 5.77. The molecule has 71 valence electrons. The van der Waals surface area contributed by atoms with Crippen LogP contribution in [0.1, 0.15) is 46.5 Å². The van der Waals surface area contributed by atoms with E-state index in [0.717, 1.165) is 12.8 Å². The molecule has 0 aliphatic carbocycles. The Balaban J connectivity index is 3.70. The Morgan fingerprint density at radius 2 is 2.00 bits per heavy atom. The second kappa shape index (κ2) is 6.04. The van der Waals surface area contributed by atoms with Crippen LogP contribution in [0.4, 0.5) is 0 Å². The fourth-order valence-corrected chi connectivity index (χ4v) is 1.42. The molecule has 2 nitrogen and oxygen atoms in total. The van der Waals surface area contributed by atoms with Crippen molar-refractivity contribution >= 4 is 6.47 Å². The van der Waals surface area contributed by atoms with E-state index in [2.05, 4.69) is 25.5 Å². The first-order valence-corrected chi connectivity index (χ1v) is 4.67. The molecule has 0 bridgehead atoms. The van der Waals surface area contributed by atoms with Gasteiger partial charge in [-0.05, 0) is 18.3 Å². The number of carbonyl (C=O) groups excluding carboxylic acids is 1. The van der Waals surface area contributed by atoms with Gasteiger partial charge in [-0.2, -0.15) is 0 Å². The van der Waals surface area contributed by atoms with Crippen LogP contribution in [0, 0.1) is 5.41 Å². The van der Waals surface area contributed by atoms with Crippen molar-refractivity contribution in [3.63, 3.8) is 0 Å². The van der Waals surface area contributed by atoms with E-state index in [1.807, 2.05) is 0 Å². The molecule has 0 saturated carbocycles. The minimum absolute atomic E-state index is 0.339. The van der Waals surface area contributed by atoms with Crippen molar-refractivity contribution in [2.75, 3.05) is 6.61 Å². The fraction of sp³-hybridized carbons (Fsp3) is 0.900. The molecule has 0 aromatic heterocycles. The van der Waals surface area contributed by atoms with Gasteiger partial charge in [-0.3, -0.25) is 0 Å². The van der Waals surface area contributed by atoms with E-state index in [0.29, 0.717) is 12.0 Å². The first-order valence-electron chi connectivity index (χ1n) is 4.67. The van der Waals surface area contributed by atoms with E-state index in [1.54, 1.807) is 0 Å². The van der Waals surface area contributed by atoms with Gasteiger partial charge in [-0.25, -0.2) is 4.79 Å². The predicted octanol–water partition coefficient (Wildman–Crippen LogP) is 2.68. The molecule has 0 N–H and O–H groups in total. The maximum absolute atomic E-state index is 9.79. The zero-order chi connectivity index (χ0) is 9.45. The van der Waals surface area contributed by atoms with Gasteiger partial charge >= 0.3 is 6.47 Å². The molecule has 0 rings (SSSR count). The third-order valence-corrected chi connectivity index (χ3v) is 2.57. The van der Waals surface area contributed by atoms with E-state index in [4.69, 9.17) is 0 Å². The minimum atomic E-state index is 0.339. The standard InChI is InChI=1S/C10H19O2/c1-4-6-10(3,5-2)7-8-12-9-11/h4-8H2,1-3H3. The Morgan fingerprint density at radius 3 is 2.42 bits per heavy atom. The molecule has 0 aromatic rings.